The molecule has 0 atom stereocenters. The summed E-state index contributed by atoms with van der Waals surface area (Å²) in [6.45, 7) is 3.97. The molecule has 0 spiro atoms. The highest BCUT2D eigenvalue weighted by Gasteiger charge is 2.17. The monoisotopic (exact) mass is 485 g/mol. The Kier molecular flexibility index (Phi) is 6.08. The largest absolute Gasteiger partial charge is 0.496 e. The van der Waals surface area contributed by atoms with Gasteiger partial charge in [-0.25, -0.2) is 4.98 Å². The Labute approximate surface area is 205 Å². The van der Waals surface area contributed by atoms with Gasteiger partial charge in [0, 0.05) is 0 Å². The minimum atomic E-state index is -0.327. The number of rotatable bonds is 7. The molecule has 0 fully saturated rings. The highest BCUT2D eigenvalue weighted by atomic mass is 35.5. The van der Waals surface area contributed by atoms with Crippen LogP contribution in [0.25, 0.3) is 33.5 Å². The fraction of sp³-hybridized carbons (Fsp3) is 0.0741. The topological polar surface area (TPSA) is 78.8 Å². The molecule has 35 heavy (non-hydrogen) atoms. The Balaban J connectivity index is 1.64. The predicted octanol–water partition coefficient (Wildman–Crippen LogP) is 5.92. The molecule has 3 aromatic carbocycles. The molecule has 5 rings (SSSR count). The lowest BCUT2D eigenvalue weighted by Crippen LogP contribution is -2.20. The molecule has 0 bridgehead atoms. The third kappa shape index (κ3) is 4.29. The number of fused-ring (bicyclic) bond motifs is 2. The number of halogens is 1. The fourth-order valence-electron chi connectivity index (χ4n) is 3.70. The van der Waals surface area contributed by atoms with E-state index in [1.807, 2.05) is 24.3 Å². The average molecular weight is 486 g/mol. The summed E-state index contributed by atoms with van der Waals surface area (Å²) in [7, 11) is 1.59. The Morgan fingerprint density at radius 3 is 2.74 bits per heavy atom. The van der Waals surface area contributed by atoms with Gasteiger partial charge in [0.1, 0.15) is 23.7 Å². The molecule has 0 unspecified atom stereocenters. The highest BCUT2D eigenvalue weighted by molar-refractivity contribution is 6.32. The maximum atomic E-state index is 13.4. The van der Waals surface area contributed by atoms with Crippen molar-refractivity contribution in [1.82, 2.24) is 9.66 Å². The van der Waals surface area contributed by atoms with Crippen LogP contribution in [0.2, 0.25) is 5.02 Å². The number of benzene rings is 3. The van der Waals surface area contributed by atoms with Crippen LogP contribution >= 0.6 is 11.6 Å². The van der Waals surface area contributed by atoms with Gasteiger partial charge in [-0.05, 0) is 54.1 Å². The van der Waals surface area contributed by atoms with Crippen molar-refractivity contribution in [2.75, 3.05) is 13.7 Å². The molecular formula is C27H20ClN3O4. The smallest absolute Gasteiger partial charge is 0.282 e. The predicted molar refractivity (Wildman–Crippen MR) is 138 cm³/mol. The van der Waals surface area contributed by atoms with Gasteiger partial charge in [0.25, 0.3) is 5.56 Å². The van der Waals surface area contributed by atoms with Gasteiger partial charge in [0.15, 0.2) is 5.76 Å². The lowest BCUT2D eigenvalue weighted by molar-refractivity contribution is 0.363. The molecule has 7 nitrogen and oxygen atoms in total. The lowest BCUT2D eigenvalue weighted by atomic mass is 10.2. The van der Waals surface area contributed by atoms with Crippen molar-refractivity contribution in [3.8, 4) is 23.1 Å². The van der Waals surface area contributed by atoms with E-state index in [-0.39, 0.29) is 11.4 Å². The molecule has 174 valence electrons. The molecule has 5 aromatic rings. The molecule has 2 aromatic heterocycles. The van der Waals surface area contributed by atoms with Crippen LogP contribution in [0.1, 0.15) is 5.56 Å². The number of aromatic nitrogens is 2. The maximum absolute atomic E-state index is 13.4. The van der Waals surface area contributed by atoms with Crippen molar-refractivity contribution >= 4 is 39.7 Å². The summed E-state index contributed by atoms with van der Waals surface area (Å²) in [5, 5.41) is 6.09. The van der Waals surface area contributed by atoms with Crippen molar-refractivity contribution in [2.24, 2.45) is 5.10 Å². The van der Waals surface area contributed by atoms with Crippen LogP contribution in [0.4, 0.5) is 0 Å². The zero-order chi connectivity index (χ0) is 24.4. The average Bonchev–Trinajstić information content (AvgIpc) is 3.32. The summed E-state index contributed by atoms with van der Waals surface area (Å²) in [6.07, 6.45) is 3.17. The number of methoxy groups -OCH3 is 1. The van der Waals surface area contributed by atoms with E-state index in [2.05, 4.69) is 11.7 Å². The van der Waals surface area contributed by atoms with E-state index in [9.17, 15) is 4.79 Å². The molecule has 8 heteroatoms. The minimum absolute atomic E-state index is 0.264. The van der Waals surface area contributed by atoms with Gasteiger partial charge in [0.2, 0.25) is 5.82 Å². The number of hydrogen-bond acceptors (Lipinski definition) is 6. The molecule has 0 N–H and O–H groups in total. The van der Waals surface area contributed by atoms with Gasteiger partial charge in [-0.2, -0.15) is 9.78 Å². The molecule has 0 radical (unpaired) electrons. The van der Waals surface area contributed by atoms with Crippen molar-refractivity contribution in [1.29, 1.82) is 0 Å². The first kappa shape index (κ1) is 22.4. The third-order valence-corrected chi connectivity index (χ3v) is 5.65. The standard InChI is InChI=1S/C27H20ClN3O4/c1-3-13-34-24-12-11-17(14-20(24)28)16-29-31-26(30-21-8-5-4-7-18(21)27(31)32)25-15-19-22(33-2)9-6-10-23(19)35-25/h3-12,14-16H,1,13H2,2H3. The Bertz CT molecular complexity index is 1650. The normalized spacial score (nSPS) is 11.4. The van der Waals surface area contributed by atoms with E-state index in [4.69, 9.17) is 30.5 Å². The first-order valence-corrected chi connectivity index (χ1v) is 11.1. The van der Waals surface area contributed by atoms with Crippen LogP contribution < -0.4 is 15.0 Å². The van der Waals surface area contributed by atoms with Gasteiger partial charge in [0.05, 0.1) is 34.6 Å². The zero-order valence-electron chi connectivity index (χ0n) is 18.8. The van der Waals surface area contributed by atoms with Crippen molar-refractivity contribution in [3.05, 3.63) is 100 Å². The number of hydrogen-bond donors (Lipinski definition) is 0. The first-order chi connectivity index (χ1) is 17.1. The van der Waals surface area contributed by atoms with Gasteiger partial charge in [-0.3, -0.25) is 4.79 Å². The van der Waals surface area contributed by atoms with Crippen molar-refractivity contribution in [2.45, 2.75) is 0 Å². The molecule has 0 saturated heterocycles. The van der Waals surface area contributed by atoms with E-state index in [1.54, 1.807) is 55.7 Å². The number of para-hydroxylation sites is 1. The van der Waals surface area contributed by atoms with Crippen LogP contribution in [-0.4, -0.2) is 29.6 Å². The van der Waals surface area contributed by atoms with Gasteiger partial charge in [-0.1, -0.05) is 42.5 Å². The number of nitrogens with zero attached hydrogens (tertiary/aromatic N) is 3. The summed E-state index contributed by atoms with van der Waals surface area (Å²) in [4.78, 5) is 18.1. The third-order valence-electron chi connectivity index (χ3n) is 5.35. The Morgan fingerprint density at radius 2 is 1.94 bits per heavy atom. The van der Waals surface area contributed by atoms with E-state index in [0.717, 1.165) is 5.39 Å². The van der Waals surface area contributed by atoms with Crippen LogP contribution in [0.5, 0.6) is 11.5 Å². The Hall–Kier alpha value is -4.36. The zero-order valence-corrected chi connectivity index (χ0v) is 19.5. The highest BCUT2D eigenvalue weighted by Crippen LogP contribution is 2.33. The van der Waals surface area contributed by atoms with Crippen LogP contribution in [-0.2, 0) is 0 Å². The Morgan fingerprint density at radius 1 is 1.09 bits per heavy atom. The van der Waals surface area contributed by atoms with Crippen molar-refractivity contribution in [3.63, 3.8) is 0 Å². The molecular weight excluding hydrogens is 466 g/mol. The summed E-state index contributed by atoms with van der Waals surface area (Å²) in [6, 6.07) is 19.6. The maximum Gasteiger partial charge on any atom is 0.282 e. The molecule has 0 aliphatic heterocycles. The second-order valence-corrected chi connectivity index (χ2v) is 7.99. The first-order valence-electron chi connectivity index (χ1n) is 10.8. The van der Waals surface area contributed by atoms with Gasteiger partial charge < -0.3 is 13.9 Å². The summed E-state index contributed by atoms with van der Waals surface area (Å²) in [5.74, 6) is 1.84. The van der Waals surface area contributed by atoms with Crippen LogP contribution in [0, 0.1) is 0 Å². The lowest BCUT2D eigenvalue weighted by Gasteiger charge is -2.08. The fourth-order valence-corrected chi connectivity index (χ4v) is 3.94. The molecule has 0 aliphatic carbocycles. The van der Waals surface area contributed by atoms with E-state index in [0.29, 0.717) is 50.9 Å². The van der Waals surface area contributed by atoms with Crippen LogP contribution in [0.3, 0.4) is 0 Å². The van der Waals surface area contributed by atoms with E-state index < -0.39 is 0 Å². The summed E-state index contributed by atoms with van der Waals surface area (Å²) >= 11 is 6.33. The SMILES string of the molecule is C=CCOc1ccc(C=Nn2c(-c3cc4c(OC)cccc4o3)nc3ccccc3c2=O)cc1Cl. The molecule has 0 amide bonds. The van der Waals surface area contributed by atoms with Gasteiger partial charge in [-0.15, -0.1) is 0 Å². The van der Waals surface area contributed by atoms with E-state index in [1.165, 1.54) is 10.9 Å². The molecule has 2 heterocycles. The van der Waals surface area contributed by atoms with Gasteiger partial charge >= 0.3 is 0 Å². The quantitative estimate of drug-likeness (QED) is 0.211. The second kappa shape index (κ2) is 9.48. The van der Waals surface area contributed by atoms with E-state index >= 15 is 0 Å². The molecule has 0 aliphatic rings. The second-order valence-electron chi connectivity index (χ2n) is 7.59. The number of furan rings is 1. The van der Waals surface area contributed by atoms with Crippen molar-refractivity contribution < 1.29 is 13.9 Å². The number of ether oxygens (including phenoxy) is 2. The van der Waals surface area contributed by atoms with Crippen LogP contribution in [0.15, 0.2) is 93.7 Å². The summed E-state index contributed by atoms with van der Waals surface area (Å²) in [5.41, 5.74) is 1.50. The minimum Gasteiger partial charge on any atom is -0.496 e. The molecule has 0 saturated carbocycles. The summed E-state index contributed by atoms with van der Waals surface area (Å²) < 4.78 is 18.2.